The molecule has 5 nitrogen and oxygen atoms in total. The molecule has 0 heterocycles. The van der Waals surface area contributed by atoms with Crippen molar-refractivity contribution in [1.82, 2.24) is 0 Å². The van der Waals surface area contributed by atoms with Crippen LogP contribution in [0.1, 0.15) is 46.5 Å². The van der Waals surface area contributed by atoms with Gasteiger partial charge in [0.25, 0.3) is 0 Å². The standard InChI is InChI=1S/C21H20F3NO4/c1-13(2)10-19(27)25-17-8-6-14(7-9-17)18(26)12-29-20(28)15-4-3-5-16(11-15)21(22,23)24/h3-9,11,13H,10,12H2,1-2H3,(H,25,27). The molecule has 0 aliphatic carbocycles. The van der Waals surface area contributed by atoms with E-state index in [4.69, 9.17) is 4.74 Å². The van der Waals surface area contributed by atoms with Crippen molar-refractivity contribution in [2.45, 2.75) is 26.4 Å². The second-order valence-electron chi connectivity index (χ2n) is 6.80. The van der Waals surface area contributed by atoms with Crippen molar-refractivity contribution in [3.8, 4) is 0 Å². The lowest BCUT2D eigenvalue weighted by atomic mass is 10.1. The maximum atomic E-state index is 12.7. The number of anilines is 1. The summed E-state index contributed by atoms with van der Waals surface area (Å²) in [4.78, 5) is 35.8. The van der Waals surface area contributed by atoms with Gasteiger partial charge in [0, 0.05) is 17.7 Å². The van der Waals surface area contributed by atoms with Crippen LogP contribution in [0.3, 0.4) is 0 Å². The molecule has 0 bridgehead atoms. The Morgan fingerprint density at radius 2 is 1.66 bits per heavy atom. The average molecular weight is 407 g/mol. The van der Waals surface area contributed by atoms with E-state index in [0.29, 0.717) is 18.2 Å². The highest BCUT2D eigenvalue weighted by atomic mass is 19.4. The molecule has 0 radical (unpaired) electrons. The fourth-order valence-electron chi connectivity index (χ4n) is 2.44. The van der Waals surface area contributed by atoms with Gasteiger partial charge in [-0.25, -0.2) is 4.79 Å². The molecular weight excluding hydrogens is 387 g/mol. The highest BCUT2D eigenvalue weighted by Gasteiger charge is 2.31. The molecular formula is C21H20F3NO4. The number of hydrogen-bond donors (Lipinski definition) is 1. The molecule has 0 atom stereocenters. The largest absolute Gasteiger partial charge is 0.454 e. The zero-order chi connectivity index (χ0) is 21.6. The van der Waals surface area contributed by atoms with Crippen LogP contribution in [0.4, 0.5) is 18.9 Å². The van der Waals surface area contributed by atoms with Crippen LogP contribution in [-0.4, -0.2) is 24.3 Å². The SMILES string of the molecule is CC(C)CC(=O)Nc1ccc(C(=O)COC(=O)c2cccc(C(F)(F)F)c2)cc1. The molecule has 2 aromatic rings. The number of nitrogens with one attached hydrogen (secondary N) is 1. The molecule has 2 rings (SSSR count). The number of halogens is 3. The molecule has 8 heteroatoms. The van der Waals surface area contributed by atoms with E-state index in [1.54, 1.807) is 12.1 Å². The minimum atomic E-state index is -4.58. The molecule has 0 aliphatic rings. The first-order valence-electron chi connectivity index (χ1n) is 8.83. The number of alkyl halides is 3. The molecule has 0 saturated carbocycles. The van der Waals surface area contributed by atoms with Gasteiger partial charge in [-0.05, 0) is 48.4 Å². The van der Waals surface area contributed by atoms with E-state index in [-0.39, 0.29) is 23.0 Å². The summed E-state index contributed by atoms with van der Waals surface area (Å²) in [5.74, 6) is -1.48. The lowest BCUT2D eigenvalue weighted by Crippen LogP contribution is -2.16. The first kappa shape index (κ1) is 22.1. The van der Waals surface area contributed by atoms with Crippen molar-refractivity contribution in [3.63, 3.8) is 0 Å². The molecule has 0 unspecified atom stereocenters. The smallest absolute Gasteiger partial charge is 0.416 e. The van der Waals surface area contributed by atoms with Crippen LogP contribution < -0.4 is 5.32 Å². The van der Waals surface area contributed by atoms with Crippen LogP contribution in [0.5, 0.6) is 0 Å². The minimum absolute atomic E-state index is 0.144. The fraction of sp³-hybridized carbons (Fsp3) is 0.286. The van der Waals surface area contributed by atoms with Gasteiger partial charge in [0.2, 0.25) is 5.91 Å². The van der Waals surface area contributed by atoms with Crippen LogP contribution in [0.2, 0.25) is 0 Å². The molecule has 0 aromatic heterocycles. The number of rotatable bonds is 7. The molecule has 29 heavy (non-hydrogen) atoms. The number of benzene rings is 2. The van der Waals surface area contributed by atoms with Gasteiger partial charge in [-0.2, -0.15) is 13.2 Å². The highest BCUT2D eigenvalue weighted by molar-refractivity contribution is 6.00. The van der Waals surface area contributed by atoms with E-state index in [0.717, 1.165) is 12.1 Å². The summed E-state index contributed by atoms with van der Waals surface area (Å²) < 4.78 is 42.9. The van der Waals surface area contributed by atoms with Crippen molar-refractivity contribution in [1.29, 1.82) is 0 Å². The number of hydrogen-bond acceptors (Lipinski definition) is 4. The Morgan fingerprint density at radius 3 is 2.24 bits per heavy atom. The number of Topliss-reactive ketones (excluding diaryl/α,β-unsaturated/α-hetero) is 1. The van der Waals surface area contributed by atoms with Gasteiger partial charge in [0.15, 0.2) is 12.4 Å². The Bertz CT molecular complexity index is 890. The van der Waals surface area contributed by atoms with Gasteiger partial charge in [-0.1, -0.05) is 19.9 Å². The Morgan fingerprint density at radius 1 is 1.00 bits per heavy atom. The van der Waals surface area contributed by atoms with E-state index in [1.165, 1.54) is 18.2 Å². The highest BCUT2D eigenvalue weighted by Crippen LogP contribution is 2.29. The van der Waals surface area contributed by atoms with E-state index in [1.807, 2.05) is 13.8 Å². The van der Waals surface area contributed by atoms with Crippen molar-refractivity contribution >= 4 is 23.3 Å². The maximum absolute atomic E-state index is 12.7. The molecule has 0 aliphatic heterocycles. The molecule has 154 valence electrons. The summed E-state index contributed by atoms with van der Waals surface area (Å²) in [7, 11) is 0. The lowest BCUT2D eigenvalue weighted by molar-refractivity contribution is -0.137. The summed E-state index contributed by atoms with van der Waals surface area (Å²) >= 11 is 0. The zero-order valence-electron chi connectivity index (χ0n) is 15.9. The van der Waals surface area contributed by atoms with Crippen LogP contribution in [0.15, 0.2) is 48.5 Å². The third kappa shape index (κ3) is 6.74. The van der Waals surface area contributed by atoms with Crippen LogP contribution >= 0.6 is 0 Å². The summed E-state index contributed by atoms with van der Waals surface area (Å²) in [6.45, 7) is 3.22. The van der Waals surface area contributed by atoms with E-state index >= 15 is 0 Å². The van der Waals surface area contributed by atoms with E-state index < -0.39 is 30.1 Å². The molecule has 0 fully saturated rings. The first-order valence-corrected chi connectivity index (χ1v) is 8.83. The number of amides is 1. The Kier molecular flexibility index (Phi) is 7.14. The van der Waals surface area contributed by atoms with Gasteiger partial charge in [0.05, 0.1) is 11.1 Å². The molecule has 0 saturated heterocycles. The second kappa shape index (κ2) is 9.36. The maximum Gasteiger partial charge on any atom is 0.416 e. The summed E-state index contributed by atoms with van der Waals surface area (Å²) in [5.41, 5.74) is -0.513. The minimum Gasteiger partial charge on any atom is -0.454 e. The normalized spacial score (nSPS) is 11.2. The third-order valence-corrected chi connectivity index (χ3v) is 3.84. The molecule has 1 N–H and O–H groups in total. The van der Waals surface area contributed by atoms with Crippen LogP contribution in [0.25, 0.3) is 0 Å². The first-order chi connectivity index (χ1) is 13.6. The monoisotopic (exact) mass is 407 g/mol. The number of carbonyl (C=O) groups is 3. The quantitative estimate of drug-likeness (QED) is 0.532. The zero-order valence-corrected chi connectivity index (χ0v) is 15.9. The fourth-order valence-corrected chi connectivity index (χ4v) is 2.44. The predicted octanol–water partition coefficient (Wildman–Crippen LogP) is 4.73. The average Bonchev–Trinajstić information content (AvgIpc) is 2.65. The van der Waals surface area contributed by atoms with Gasteiger partial charge >= 0.3 is 12.1 Å². The van der Waals surface area contributed by atoms with Crippen LogP contribution in [-0.2, 0) is 15.7 Å². The predicted molar refractivity (Wildman–Crippen MR) is 101 cm³/mol. The Labute approximate surface area is 165 Å². The number of esters is 1. The Hall–Kier alpha value is -3.16. The summed E-state index contributed by atoms with van der Waals surface area (Å²) in [6.07, 6.45) is -4.22. The topological polar surface area (TPSA) is 72.5 Å². The van der Waals surface area contributed by atoms with E-state index in [9.17, 15) is 27.6 Å². The molecule has 1 amide bonds. The summed E-state index contributed by atoms with van der Waals surface area (Å²) in [6, 6.07) is 9.78. The number of ether oxygens (including phenoxy) is 1. The molecule has 2 aromatic carbocycles. The van der Waals surface area contributed by atoms with Crippen molar-refractivity contribution in [3.05, 3.63) is 65.2 Å². The lowest BCUT2D eigenvalue weighted by Gasteiger charge is -2.09. The number of ketones is 1. The van der Waals surface area contributed by atoms with Gasteiger partial charge < -0.3 is 10.1 Å². The van der Waals surface area contributed by atoms with Gasteiger partial charge in [-0.3, -0.25) is 9.59 Å². The van der Waals surface area contributed by atoms with Gasteiger partial charge in [-0.15, -0.1) is 0 Å². The van der Waals surface area contributed by atoms with E-state index in [2.05, 4.69) is 5.32 Å². The van der Waals surface area contributed by atoms with Crippen LogP contribution in [0, 0.1) is 5.92 Å². The second-order valence-corrected chi connectivity index (χ2v) is 6.80. The summed E-state index contributed by atoms with van der Waals surface area (Å²) in [5, 5.41) is 2.70. The van der Waals surface area contributed by atoms with Crippen molar-refractivity contribution in [2.75, 3.05) is 11.9 Å². The molecule has 0 spiro atoms. The van der Waals surface area contributed by atoms with Crippen molar-refractivity contribution in [2.24, 2.45) is 5.92 Å². The Balaban J connectivity index is 1.94. The van der Waals surface area contributed by atoms with Crippen molar-refractivity contribution < 1.29 is 32.3 Å². The third-order valence-electron chi connectivity index (χ3n) is 3.84. The number of carbonyl (C=O) groups excluding carboxylic acids is 3. The van der Waals surface area contributed by atoms with Gasteiger partial charge in [0.1, 0.15) is 0 Å².